The number of nitrogens with one attached hydrogen (secondary N) is 1. The summed E-state index contributed by atoms with van der Waals surface area (Å²) in [6.07, 6.45) is 0. The van der Waals surface area contributed by atoms with Crippen LogP contribution in [0.3, 0.4) is 0 Å². The fourth-order valence-corrected chi connectivity index (χ4v) is 3.15. The maximum absolute atomic E-state index is 12.7. The first-order chi connectivity index (χ1) is 15.8. The van der Waals surface area contributed by atoms with Crippen molar-refractivity contribution in [2.45, 2.75) is 13.8 Å². The number of rotatable bonds is 8. The van der Waals surface area contributed by atoms with E-state index in [-0.39, 0.29) is 28.8 Å². The molecule has 10 heteroatoms. The second kappa shape index (κ2) is 10.6. The van der Waals surface area contributed by atoms with Crippen LogP contribution in [0.2, 0.25) is 5.02 Å². The van der Waals surface area contributed by atoms with Gasteiger partial charge in [0.1, 0.15) is 5.75 Å². The van der Waals surface area contributed by atoms with Gasteiger partial charge in [0.05, 0.1) is 36.2 Å². The summed E-state index contributed by atoms with van der Waals surface area (Å²) < 4.78 is 16.7. The summed E-state index contributed by atoms with van der Waals surface area (Å²) in [5, 5.41) is 7.04. The molecular formula is C23H22ClN3O6. The summed E-state index contributed by atoms with van der Waals surface area (Å²) in [5.41, 5.74) is 0.794. The number of amides is 1. The number of hydrogen-bond donors (Lipinski definition) is 1. The molecule has 0 aliphatic rings. The van der Waals surface area contributed by atoms with Crippen LogP contribution in [-0.2, 0) is 9.53 Å². The number of esters is 1. The minimum Gasteiger partial charge on any atom is -0.495 e. The lowest BCUT2D eigenvalue weighted by atomic mass is 10.2. The van der Waals surface area contributed by atoms with Gasteiger partial charge >= 0.3 is 5.97 Å². The number of carbonyl (C=O) groups is 2. The molecule has 0 radical (unpaired) electrons. The molecule has 2 aromatic carbocycles. The van der Waals surface area contributed by atoms with Crippen molar-refractivity contribution >= 4 is 29.2 Å². The Morgan fingerprint density at radius 2 is 1.88 bits per heavy atom. The highest BCUT2D eigenvalue weighted by molar-refractivity contribution is 6.32. The molecule has 0 spiro atoms. The molecule has 1 amide bonds. The fourth-order valence-electron chi connectivity index (χ4n) is 2.94. The monoisotopic (exact) mass is 471 g/mol. The van der Waals surface area contributed by atoms with E-state index in [0.717, 1.165) is 16.3 Å². The molecule has 3 aromatic rings. The average Bonchev–Trinajstić information content (AvgIpc) is 2.78. The zero-order chi connectivity index (χ0) is 24.0. The minimum atomic E-state index is -0.811. The highest BCUT2D eigenvalue weighted by atomic mass is 35.5. The number of para-hydroxylation sites is 1. The van der Waals surface area contributed by atoms with Gasteiger partial charge in [-0.2, -0.15) is 9.78 Å². The molecule has 3 rings (SSSR count). The van der Waals surface area contributed by atoms with E-state index in [0.29, 0.717) is 11.4 Å². The third kappa shape index (κ3) is 5.69. The number of ether oxygens (including phenoxy) is 3. The fraction of sp³-hybridized carbons (Fsp3) is 0.217. The maximum atomic E-state index is 12.7. The van der Waals surface area contributed by atoms with Crippen molar-refractivity contribution in [1.29, 1.82) is 0 Å². The van der Waals surface area contributed by atoms with Crippen molar-refractivity contribution in [2.24, 2.45) is 0 Å². The molecule has 1 heterocycles. The van der Waals surface area contributed by atoms with Crippen molar-refractivity contribution in [3.05, 3.63) is 75.2 Å². The van der Waals surface area contributed by atoms with Crippen LogP contribution in [0.1, 0.15) is 23.0 Å². The van der Waals surface area contributed by atoms with Crippen molar-refractivity contribution in [2.75, 3.05) is 25.6 Å². The number of carbonyl (C=O) groups excluding carboxylic acids is 2. The molecule has 0 aliphatic carbocycles. The molecule has 0 unspecified atom stereocenters. The molecule has 172 valence electrons. The molecule has 33 heavy (non-hydrogen) atoms. The third-order valence-electron chi connectivity index (χ3n) is 4.43. The van der Waals surface area contributed by atoms with Gasteiger partial charge in [-0.05, 0) is 43.7 Å². The summed E-state index contributed by atoms with van der Waals surface area (Å²) in [6.45, 7) is 3.10. The predicted molar refractivity (Wildman–Crippen MR) is 123 cm³/mol. The summed E-state index contributed by atoms with van der Waals surface area (Å²) in [5.74, 6) is -1.05. The highest BCUT2D eigenvalue weighted by Gasteiger charge is 2.21. The van der Waals surface area contributed by atoms with Crippen LogP contribution in [0.15, 0.2) is 53.3 Å². The van der Waals surface area contributed by atoms with E-state index in [1.165, 1.54) is 7.11 Å². The second-order valence-electron chi connectivity index (χ2n) is 6.82. The molecule has 9 nitrogen and oxygen atoms in total. The van der Waals surface area contributed by atoms with Crippen molar-refractivity contribution in [3.8, 4) is 17.2 Å². The smallest absolute Gasteiger partial charge is 0.362 e. The van der Waals surface area contributed by atoms with E-state index in [9.17, 15) is 14.4 Å². The van der Waals surface area contributed by atoms with Gasteiger partial charge in [0.2, 0.25) is 5.69 Å². The standard InChI is InChI=1S/C23H22ClN3O6/c1-4-32-23(30)22-19(12-21(29)27(26-22)17-8-6-5-7-15(17)24)33-13-20(28)25-16-11-14(2)9-10-18(16)31-3/h5-12H,4,13H2,1-3H3,(H,25,28). The molecule has 1 N–H and O–H groups in total. The summed E-state index contributed by atoms with van der Waals surface area (Å²) in [7, 11) is 1.49. The van der Waals surface area contributed by atoms with Crippen LogP contribution in [0.25, 0.3) is 5.69 Å². The van der Waals surface area contributed by atoms with Crippen LogP contribution in [0.5, 0.6) is 11.5 Å². The molecular weight excluding hydrogens is 450 g/mol. The van der Waals surface area contributed by atoms with Crippen LogP contribution in [0.4, 0.5) is 5.69 Å². The second-order valence-corrected chi connectivity index (χ2v) is 7.23. The SMILES string of the molecule is CCOC(=O)c1nn(-c2ccccc2Cl)c(=O)cc1OCC(=O)Nc1cc(C)ccc1OC. The van der Waals surface area contributed by atoms with Gasteiger partial charge in [-0.1, -0.05) is 29.8 Å². The Morgan fingerprint density at radius 3 is 2.58 bits per heavy atom. The number of nitrogens with zero attached hydrogens (tertiary/aromatic N) is 2. The van der Waals surface area contributed by atoms with Crippen LogP contribution < -0.4 is 20.3 Å². The number of benzene rings is 2. The Bertz CT molecular complexity index is 1240. The number of aryl methyl sites for hydroxylation is 1. The van der Waals surface area contributed by atoms with E-state index >= 15 is 0 Å². The first-order valence-electron chi connectivity index (χ1n) is 9.97. The Labute approximate surface area is 194 Å². The molecule has 0 atom stereocenters. The molecule has 0 aliphatic heterocycles. The Kier molecular flexibility index (Phi) is 7.68. The number of aromatic nitrogens is 2. The van der Waals surface area contributed by atoms with Crippen LogP contribution in [0, 0.1) is 6.92 Å². The predicted octanol–water partition coefficient (Wildman–Crippen LogP) is 3.40. The zero-order valence-electron chi connectivity index (χ0n) is 18.3. The van der Waals surface area contributed by atoms with Crippen LogP contribution in [-0.4, -0.2) is 42.0 Å². The van der Waals surface area contributed by atoms with Crippen molar-refractivity contribution < 1.29 is 23.8 Å². The van der Waals surface area contributed by atoms with E-state index < -0.39 is 24.0 Å². The lowest BCUT2D eigenvalue weighted by Crippen LogP contribution is -2.27. The quantitative estimate of drug-likeness (QED) is 0.501. The highest BCUT2D eigenvalue weighted by Crippen LogP contribution is 2.25. The zero-order valence-corrected chi connectivity index (χ0v) is 19.0. The van der Waals surface area contributed by atoms with Gasteiger partial charge < -0.3 is 19.5 Å². The maximum Gasteiger partial charge on any atom is 0.362 e. The Morgan fingerprint density at radius 1 is 1.12 bits per heavy atom. The van der Waals surface area contributed by atoms with Gasteiger partial charge in [-0.15, -0.1) is 0 Å². The van der Waals surface area contributed by atoms with Gasteiger partial charge in [0, 0.05) is 0 Å². The summed E-state index contributed by atoms with van der Waals surface area (Å²) in [4.78, 5) is 37.6. The minimum absolute atomic E-state index is 0.0822. The van der Waals surface area contributed by atoms with E-state index in [4.69, 9.17) is 25.8 Å². The van der Waals surface area contributed by atoms with E-state index in [2.05, 4.69) is 10.4 Å². The van der Waals surface area contributed by atoms with Gasteiger partial charge in [0.15, 0.2) is 12.4 Å². The molecule has 0 saturated heterocycles. The molecule has 0 bridgehead atoms. The first-order valence-corrected chi connectivity index (χ1v) is 10.4. The van der Waals surface area contributed by atoms with Gasteiger partial charge in [0.25, 0.3) is 11.5 Å². The first kappa shape index (κ1) is 23.8. The van der Waals surface area contributed by atoms with Crippen molar-refractivity contribution in [1.82, 2.24) is 9.78 Å². The summed E-state index contributed by atoms with van der Waals surface area (Å²) in [6, 6.07) is 12.9. The Balaban J connectivity index is 1.88. The molecule has 0 saturated carbocycles. The normalized spacial score (nSPS) is 10.4. The van der Waals surface area contributed by atoms with Gasteiger partial charge in [-0.25, -0.2) is 4.79 Å². The van der Waals surface area contributed by atoms with Gasteiger partial charge in [-0.3, -0.25) is 9.59 Å². The molecule has 0 fully saturated rings. The number of halogens is 1. The van der Waals surface area contributed by atoms with Crippen molar-refractivity contribution in [3.63, 3.8) is 0 Å². The third-order valence-corrected chi connectivity index (χ3v) is 4.75. The topological polar surface area (TPSA) is 109 Å². The number of anilines is 1. The largest absolute Gasteiger partial charge is 0.495 e. The van der Waals surface area contributed by atoms with E-state index in [1.807, 2.05) is 13.0 Å². The lowest BCUT2D eigenvalue weighted by Gasteiger charge is -2.14. The average molecular weight is 472 g/mol. The number of hydrogen-bond acceptors (Lipinski definition) is 7. The van der Waals surface area contributed by atoms with E-state index in [1.54, 1.807) is 43.3 Å². The lowest BCUT2D eigenvalue weighted by molar-refractivity contribution is -0.118. The number of methoxy groups -OCH3 is 1. The summed E-state index contributed by atoms with van der Waals surface area (Å²) >= 11 is 6.17. The Hall–Kier alpha value is -3.85. The molecule has 1 aromatic heterocycles. The van der Waals surface area contributed by atoms with Crippen LogP contribution >= 0.6 is 11.6 Å².